The summed E-state index contributed by atoms with van der Waals surface area (Å²) < 4.78 is 6.12. The zero-order valence-corrected chi connectivity index (χ0v) is 12.6. The average Bonchev–Trinajstić information content (AvgIpc) is 2.39. The molecule has 2 rings (SSSR count). The number of rotatable bonds is 5. The van der Waals surface area contributed by atoms with Gasteiger partial charge in [0.1, 0.15) is 0 Å². The van der Waals surface area contributed by atoms with E-state index in [0.717, 1.165) is 30.8 Å². The molecule has 1 aliphatic rings. The molecule has 0 aliphatic carbocycles. The van der Waals surface area contributed by atoms with Crippen molar-refractivity contribution in [2.45, 2.75) is 12.5 Å². The summed E-state index contributed by atoms with van der Waals surface area (Å²) in [4.78, 5) is 10.4. The van der Waals surface area contributed by atoms with Crippen LogP contribution >= 0.6 is 15.9 Å². The topological polar surface area (TPSA) is 70.5 Å². The lowest BCUT2D eigenvalue weighted by atomic mass is 10.1. The number of halogens is 1. The van der Waals surface area contributed by atoms with Gasteiger partial charge in [-0.2, -0.15) is 0 Å². The fraction of sp³-hybridized carbons (Fsp3) is 0.667. The molecular weight excluding hydrogens is 312 g/mol. The molecule has 7 heteroatoms. The Morgan fingerprint density at radius 3 is 2.68 bits per heavy atom. The Kier molecular flexibility index (Phi) is 5.09. The van der Waals surface area contributed by atoms with Gasteiger partial charge >= 0.3 is 0 Å². The van der Waals surface area contributed by atoms with E-state index in [4.69, 9.17) is 4.74 Å². The lowest BCUT2D eigenvalue weighted by molar-refractivity contribution is -0.0164. The van der Waals surface area contributed by atoms with Crippen LogP contribution in [0.2, 0.25) is 0 Å². The van der Waals surface area contributed by atoms with Gasteiger partial charge < -0.3 is 15.2 Å². The molecule has 1 atom stereocenters. The van der Waals surface area contributed by atoms with Crippen molar-refractivity contribution in [1.82, 2.24) is 14.9 Å². The van der Waals surface area contributed by atoms with Gasteiger partial charge in [0.15, 0.2) is 0 Å². The molecule has 1 unspecified atom stereocenters. The second-order valence-electron chi connectivity index (χ2n) is 4.96. The molecular formula is C12H19BrN4O2. The molecule has 1 aliphatic heterocycles. The van der Waals surface area contributed by atoms with Gasteiger partial charge in [-0.3, -0.25) is 4.90 Å². The highest BCUT2D eigenvalue weighted by molar-refractivity contribution is 9.10. The highest BCUT2D eigenvalue weighted by Gasteiger charge is 2.25. The molecule has 0 spiro atoms. The number of morpholine rings is 1. The lowest BCUT2D eigenvalue weighted by Gasteiger charge is -2.33. The Morgan fingerprint density at radius 2 is 2.05 bits per heavy atom. The van der Waals surface area contributed by atoms with Crippen LogP contribution in [-0.4, -0.2) is 65.0 Å². The Labute approximate surface area is 121 Å². The maximum atomic E-state index is 10.4. The summed E-state index contributed by atoms with van der Waals surface area (Å²) in [6, 6.07) is 0. The van der Waals surface area contributed by atoms with E-state index in [-0.39, 0.29) is 0 Å². The van der Waals surface area contributed by atoms with Crippen LogP contribution in [0.4, 0.5) is 5.95 Å². The third kappa shape index (κ3) is 5.02. The van der Waals surface area contributed by atoms with E-state index in [9.17, 15) is 5.11 Å². The second kappa shape index (κ2) is 6.60. The van der Waals surface area contributed by atoms with Crippen LogP contribution in [0.5, 0.6) is 0 Å². The maximum Gasteiger partial charge on any atom is 0.222 e. The highest BCUT2D eigenvalue weighted by atomic mass is 79.9. The molecule has 19 heavy (non-hydrogen) atoms. The van der Waals surface area contributed by atoms with Crippen LogP contribution in [0.1, 0.15) is 6.92 Å². The number of hydrogen-bond acceptors (Lipinski definition) is 6. The summed E-state index contributed by atoms with van der Waals surface area (Å²) in [5.74, 6) is 0.519. The molecule has 6 nitrogen and oxygen atoms in total. The van der Waals surface area contributed by atoms with Crippen LogP contribution in [0.3, 0.4) is 0 Å². The quantitative estimate of drug-likeness (QED) is 0.829. The molecule has 0 radical (unpaired) electrons. The van der Waals surface area contributed by atoms with E-state index in [1.54, 1.807) is 12.4 Å². The predicted molar refractivity (Wildman–Crippen MR) is 76.1 cm³/mol. The summed E-state index contributed by atoms with van der Waals surface area (Å²) in [7, 11) is 0. The van der Waals surface area contributed by atoms with Gasteiger partial charge in [-0.15, -0.1) is 0 Å². The van der Waals surface area contributed by atoms with Crippen LogP contribution in [-0.2, 0) is 4.74 Å². The van der Waals surface area contributed by atoms with Gasteiger partial charge in [0.25, 0.3) is 0 Å². The van der Waals surface area contributed by atoms with E-state index >= 15 is 0 Å². The average molecular weight is 331 g/mol. The Morgan fingerprint density at radius 1 is 1.42 bits per heavy atom. The Balaban J connectivity index is 1.81. The van der Waals surface area contributed by atoms with Crippen LogP contribution < -0.4 is 5.32 Å². The van der Waals surface area contributed by atoms with Crippen molar-refractivity contribution in [3.8, 4) is 0 Å². The second-order valence-corrected chi connectivity index (χ2v) is 5.88. The number of aliphatic hydroxyl groups is 1. The monoisotopic (exact) mass is 330 g/mol. The van der Waals surface area contributed by atoms with Gasteiger partial charge in [0, 0.05) is 38.6 Å². The number of hydrogen-bond donors (Lipinski definition) is 2. The maximum absolute atomic E-state index is 10.4. The zero-order valence-electron chi connectivity index (χ0n) is 11.0. The molecule has 0 aromatic carbocycles. The van der Waals surface area contributed by atoms with E-state index in [0.29, 0.717) is 19.0 Å². The van der Waals surface area contributed by atoms with Gasteiger partial charge in [0.2, 0.25) is 5.95 Å². The van der Waals surface area contributed by atoms with Crippen LogP contribution in [0.15, 0.2) is 16.9 Å². The summed E-state index contributed by atoms with van der Waals surface area (Å²) in [6.07, 6.45) is 3.35. The molecule has 2 heterocycles. The number of aromatic nitrogens is 2. The van der Waals surface area contributed by atoms with Crippen molar-refractivity contribution >= 4 is 21.9 Å². The first-order valence-corrected chi connectivity index (χ1v) is 7.08. The normalized spacial score (nSPS) is 19.9. The van der Waals surface area contributed by atoms with Crippen molar-refractivity contribution in [1.29, 1.82) is 0 Å². The minimum atomic E-state index is -0.826. The standard InChI is InChI=1S/C12H19BrN4O2/c1-12(18,9-17-2-4-19-5-3-17)8-16-11-14-6-10(13)7-15-11/h6-7,18H,2-5,8-9H2,1H3,(H,14,15,16). The first kappa shape index (κ1) is 14.6. The van der Waals surface area contributed by atoms with E-state index in [1.807, 2.05) is 6.92 Å². The molecule has 1 saturated heterocycles. The van der Waals surface area contributed by atoms with Crippen LogP contribution in [0, 0.1) is 0 Å². The van der Waals surface area contributed by atoms with E-state index in [2.05, 4.69) is 36.1 Å². The third-order valence-electron chi connectivity index (χ3n) is 2.92. The zero-order chi connectivity index (χ0) is 13.7. The summed E-state index contributed by atoms with van der Waals surface area (Å²) >= 11 is 3.28. The van der Waals surface area contributed by atoms with E-state index < -0.39 is 5.60 Å². The van der Waals surface area contributed by atoms with Gasteiger partial charge in [0.05, 0.1) is 23.3 Å². The lowest BCUT2D eigenvalue weighted by Crippen LogP contribution is -2.49. The van der Waals surface area contributed by atoms with Crippen LogP contribution in [0.25, 0.3) is 0 Å². The predicted octanol–water partition coefficient (Wildman–Crippen LogP) is 0.734. The largest absolute Gasteiger partial charge is 0.387 e. The Hall–Kier alpha value is -0.760. The summed E-state index contributed by atoms with van der Waals surface area (Å²) in [6.45, 7) is 6.04. The van der Waals surface area contributed by atoms with E-state index in [1.165, 1.54) is 0 Å². The summed E-state index contributed by atoms with van der Waals surface area (Å²) in [5, 5.41) is 13.4. The molecule has 0 saturated carbocycles. The molecule has 2 N–H and O–H groups in total. The van der Waals surface area contributed by atoms with Crippen molar-refractivity contribution in [3.05, 3.63) is 16.9 Å². The fourth-order valence-corrected chi connectivity index (χ4v) is 2.17. The van der Waals surface area contributed by atoms with Crippen molar-refractivity contribution in [3.63, 3.8) is 0 Å². The molecule has 0 amide bonds. The number of nitrogens with zero attached hydrogens (tertiary/aromatic N) is 3. The molecule has 106 valence electrons. The van der Waals surface area contributed by atoms with Gasteiger partial charge in [-0.1, -0.05) is 0 Å². The SMILES string of the molecule is CC(O)(CNc1ncc(Br)cn1)CN1CCOCC1. The van der Waals surface area contributed by atoms with Crippen molar-refractivity contribution in [2.75, 3.05) is 44.7 Å². The first-order valence-electron chi connectivity index (χ1n) is 6.29. The number of nitrogens with one attached hydrogen (secondary N) is 1. The number of anilines is 1. The van der Waals surface area contributed by atoms with Gasteiger partial charge in [-0.25, -0.2) is 9.97 Å². The minimum Gasteiger partial charge on any atom is -0.387 e. The highest BCUT2D eigenvalue weighted by Crippen LogP contribution is 2.11. The summed E-state index contributed by atoms with van der Waals surface area (Å²) in [5.41, 5.74) is -0.826. The van der Waals surface area contributed by atoms with Crippen molar-refractivity contribution < 1.29 is 9.84 Å². The fourth-order valence-electron chi connectivity index (χ4n) is 1.97. The molecule has 1 fully saturated rings. The third-order valence-corrected chi connectivity index (χ3v) is 3.33. The molecule has 1 aromatic rings. The number of ether oxygens (including phenoxy) is 1. The minimum absolute atomic E-state index is 0.409. The molecule has 0 bridgehead atoms. The first-order chi connectivity index (χ1) is 9.05. The Bertz CT molecular complexity index is 393. The smallest absolute Gasteiger partial charge is 0.222 e. The van der Waals surface area contributed by atoms with Crippen molar-refractivity contribution in [2.24, 2.45) is 0 Å². The number of β-amino-alcohol motifs (C(OH)–C–C–N with tert-alkyl or cyclic N) is 1. The van der Waals surface area contributed by atoms with Gasteiger partial charge in [-0.05, 0) is 22.9 Å². The molecule has 1 aromatic heterocycles.